The highest BCUT2D eigenvalue weighted by molar-refractivity contribution is 5.53. The first-order valence-electron chi connectivity index (χ1n) is 5.95. The van der Waals surface area contributed by atoms with Gasteiger partial charge in [0.05, 0.1) is 12.6 Å². The Balaban J connectivity index is 1.82. The van der Waals surface area contributed by atoms with Gasteiger partial charge in [-0.3, -0.25) is 4.98 Å². The smallest absolute Gasteiger partial charge is 0.0668 e. The van der Waals surface area contributed by atoms with Gasteiger partial charge in [-0.05, 0) is 12.5 Å². The molecule has 16 heavy (non-hydrogen) atoms. The Morgan fingerprint density at radius 1 is 1.50 bits per heavy atom. The summed E-state index contributed by atoms with van der Waals surface area (Å²) in [5, 5.41) is 6.96. The van der Waals surface area contributed by atoms with Crippen LogP contribution < -0.4 is 10.6 Å². The van der Waals surface area contributed by atoms with Gasteiger partial charge in [0.2, 0.25) is 0 Å². The first-order chi connectivity index (χ1) is 7.93. The molecule has 2 aliphatic heterocycles. The normalized spacial score (nSPS) is 24.1. The summed E-state index contributed by atoms with van der Waals surface area (Å²) in [4.78, 5) is 4.44. The van der Waals surface area contributed by atoms with E-state index in [1.54, 1.807) is 0 Å². The summed E-state index contributed by atoms with van der Waals surface area (Å²) in [5.74, 6) is 0. The van der Waals surface area contributed by atoms with Crippen molar-refractivity contribution in [3.63, 3.8) is 0 Å². The van der Waals surface area contributed by atoms with Gasteiger partial charge in [-0.1, -0.05) is 0 Å². The van der Waals surface area contributed by atoms with Crippen LogP contribution in [-0.4, -0.2) is 30.8 Å². The summed E-state index contributed by atoms with van der Waals surface area (Å²) in [6.45, 7) is 3.67. The third-order valence-electron chi connectivity index (χ3n) is 3.27. The number of rotatable bonds is 2. The Morgan fingerprint density at radius 2 is 2.50 bits per heavy atom. The zero-order valence-corrected chi connectivity index (χ0v) is 9.33. The van der Waals surface area contributed by atoms with Crippen LogP contribution in [0.25, 0.3) is 0 Å². The second kappa shape index (κ2) is 4.39. The highest BCUT2D eigenvalue weighted by Crippen LogP contribution is 2.23. The largest absolute Gasteiger partial charge is 0.380 e. The predicted octanol–water partition coefficient (Wildman–Crippen LogP) is 0.928. The molecule has 1 atom stereocenters. The third-order valence-corrected chi connectivity index (χ3v) is 3.27. The molecular weight excluding hydrogens is 202 g/mol. The molecule has 1 saturated heterocycles. The maximum Gasteiger partial charge on any atom is 0.0668 e. The third kappa shape index (κ3) is 1.90. The molecule has 2 aliphatic rings. The van der Waals surface area contributed by atoms with Crippen LogP contribution in [0.2, 0.25) is 0 Å². The van der Waals surface area contributed by atoms with Crippen LogP contribution in [0.1, 0.15) is 17.7 Å². The van der Waals surface area contributed by atoms with Crippen molar-refractivity contribution in [2.75, 3.05) is 25.1 Å². The van der Waals surface area contributed by atoms with Crippen LogP contribution in [0.5, 0.6) is 0 Å². The van der Waals surface area contributed by atoms with Gasteiger partial charge in [-0.2, -0.15) is 0 Å². The van der Waals surface area contributed by atoms with E-state index >= 15 is 0 Å². The molecule has 0 bridgehead atoms. The highest BCUT2D eigenvalue weighted by Gasteiger charge is 2.19. The average Bonchev–Trinajstić information content (AvgIpc) is 2.82. The van der Waals surface area contributed by atoms with Gasteiger partial charge in [0.25, 0.3) is 0 Å². The van der Waals surface area contributed by atoms with E-state index in [9.17, 15) is 0 Å². The van der Waals surface area contributed by atoms with Crippen molar-refractivity contribution in [2.24, 2.45) is 0 Å². The minimum atomic E-state index is 0.466. The van der Waals surface area contributed by atoms with E-state index in [4.69, 9.17) is 4.74 Å². The molecule has 0 aromatic carbocycles. The second-order valence-corrected chi connectivity index (χ2v) is 4.42. The van der Waals surface area contributed by atoms with Crippen molar-refractivity contribution >= 4 is 5.69 Å². The molecular formula is C12H17N3O. The summed E-state index contributed by atoms with van der Waals surface area (Å²) in [7, 11) is 0. The number of fused-ring (bicyclic) bond motifs is 1. The number of anilines is 1. The summed E-state index contributed by atoms with van der Waals surface area (Å²) < 4.78 is 5.38. The molecule has 1 aromatic rings. The Hall–Kier alpha value is -1.13. The molecule has 4 nitrogen and oxygen atoms in total. The standard InChI is InChI=1S/C12H17N3O/c1-4-13-7-10-11(1)14-5-2-12(10)15-9-3-6-16-8-9/h2,5,9,13H,1,3-4,6-8H2,(H,14,15)/t9-/m0/s1. The van der Waals surface area contributed by atoms with E-state index in [1.165, 1.54) is 16.9 Å². The lowest BCUT2D eigenvalue weighted by Crippen LogP contribution is -2.27. The fourth-order valence-electron chi connectivity index (χ4n) is 2.37. The minimum Gasteiger partial charge on any atom is -0.380 e. The molecule has 2 N–H and O–H groups in total. The summed E-state index contributed by atoms with van der Waals surface area (Å²) >= 11 is 0. The van der Waals surface area contributed by atoms with Crippen LogP contribution >= 0.6 is 0 Å². The van der Waals surface area contributed by atoms with E-state index in [0.29, 0.717) is 6.04 Å². The van der Waals surface area contributed by atoms with Gasteiger partial charge in [0.1, 0.15) is 0 Å². The van der Waals surface area contributed by atoms with Crippen molar-refractivity contribution < 1.29 is 4.74 Å². The minimum absolute atomic E-state index is 0.466. The van der Waals surface area contributed by atoms with Gasteiger partial charge in [-0.25, -0.2) is 0 Å². The Bertz CT molecular complexity index is 375. The first-order valence-corrected chi connectivity index (χ1v) is 5.95. The Kier molecular flexibility index (Phi) is 2.76. The number of hydrogen-bond donors (Lipinski definition) is 2. The number of ether oxygens (including phenoxy) is 1. The zero-order chi connectivity index (χ0) is 10.8. The maximum atomic E-state index is 5.38. The molecule has 0 aliphatic carbocycles. The van der Waals surface area contributed by atoms with E-state index in [1.807, 2.05) is 6.20 Å². The fraction of sp³-hybridized carbons (Fsp3) is 0.583. The Morgan fingerprint density at radius 3 is 3.38 bits per heavy atom. The molecule has 0 amide bonds. The van der Waals surface area contributed by atoms with Crippen molar-refractivity contribution in [3.05, 3.63) is 23.5 Å². The van der Waals surface area contributed by atoms with E-state index in [-0.39, 0.29) is 0 Å². The van der Waals surface area contributed by atoms with Gasteiger partial charge in [0, 0.05) is 49.3 Å². The van der Waals surface area contributed by atoms with E-state index in [0.717, 1.165) is 39.1 Å². The molecule has 0 radical (unpaired) electrons. The Labute approximate surface area is 95.4 Å². The van der Waals surface area contributed by atoms with E-state index < -0.39 is 0 Å². The van der Waals surface area contributed by atoms with Gasteiger partial charge in [-0.15, -0.1) is 0 Å². The summed E-state index contributed by atoms with van der Waals surface area (Å²) in [6.07, 6.45) is 4.04. The molecule has 86 valence electrons. The SMILES string of the molecule is c1cc(N[C@H]2CCOC2)c2c(n1)CCNC2. The first kappa shape index (κ1) is 10.1. The quantitative estimate of drug-likeness (QED) is 0.776. The molecule has 1 fully saturated rings. The topological polar surface area (TPSA) is 46.2 Å². The second-order valence-electron chi connectivity index (χ2n) is 4.42. The van der Waals surface area contributed by atoms with Gasteiger partial charge < -0.3 is 15.4 Å². The number of nitrogens with zero attached hydrogens (tertiary/aromatic N) is 1. The molecule has 3 heterocycles. The van der Waals surface area contributed by atoms with Gasteiger partial charge >= 0.3 is 0 Å². The van der Waals surface area contributed by atoms with Crippen molar-refractivity contribution in [3.8, 4) is 0 Å². The van der Waals surface area contributed by atoms with Gasteiger partial charge in [0.15, 0.2) is 0 Å². The number of hydrogen-bond acceptors (Lipinski definition) is 4. The zero-order valence-electron chi connectivity index (χ0n) is 9.33. The van der Waals surface area contributed by atoms with Crippen LogP contribution in [0.3, 0.4) is 0 Å². The number of pyridine rings is 1. The summed E-state index contributed by atoms with van der Waals surface area (Å²) in [5.41, 5.74) is 3.80. The molecule has 4 heteroatoms. The average molecular weight is 219 g/mol. The highest BCUT2D eigenvalue weighted by atomic mass is 16.5. The van der Waals surface area contributed by atoms with Crippen LogP contribution in [0.15, 0.2) is 12.3 Å². The molecule has 0 saturated carbocycles. The molecule has 3 rings (SSSR count). The van der Waals surface area contributed by atoms with Crippen molar-refractivity contribution in [1.29, 1.82) is 0 Å². The number of nitrogens with one attached hydrogen (secondary N) is 2. The van der Waals surface area contributed by atoms with Crippen molar-refractivity contribution in [2.45, 2.75) is 25.4 Å². The predicted molar refractivity (Wildman–Crippen MR) is 62.5 cm³/mol. The van der Waals surface area contributed by atoms with Crippen LogP contribution in [0, 0.1) is 0 Å². The van der Waals surface area contributed by atoms with E-state index in [2.05, 4.69) is 21.7 Å². The lowest BCUT2D eigenvalue weighted by molar-refractivity contribution is 0.195. The van der Waals surface area contributed by atoms with Crippen molar-refractivity contribution in [1.82, 2.24) is 10.3 Å². The maximum absolute atomic E-state index is 5.38. The summed E-state index contributed by atoms with van der Waals surface area (Å²) in [6, 6.07) is 2.54. The fourth-order valence-corrected chi connectivity index (χ4v) is 2.37. The van der Waals surface area contributed by atoms with Crippen LogP contribution in [0.4, 0.5) is 5.69 Å². The lowest BCUT2D eigenvalue weighted by atomic mass is 10.0. The monoisotopic (exact) mass is 219 g/mol. The lowest BCUT2D eigenvalue weighted by Gasteiger charge is -2.22. The molecule has 0 unspecified atom stereocenters. The van der Waals surface area contributed by atoms with Crippen LogP contribution in [-0.2, 0) is 17.7 Å². The number of aromatic nitrogens is 1. The molecule has 1 aromatic heterocycles. The molecule has 0 spiro atoms.